The fourth-order valence-corrected chi connectivity index (χ4v) is 5.25. The summed E-state index contributed by atoms with van der Waals surface area (Å²) in [6.07, 6.45) is 4.68. The summed E-state index contributed by atoms with van der Waals surface area (Å²) in [4.78, 5) is 40.3. The zero-order valence-corrected chi connectivity index (χ0v) is 16.2. The predicted octanol–water partition coefficient (Wildman–Crippen LogP) is 2.12. The molecule has 0 bridgehead atoms. The summed E-state index contributed by atoms with van der Waals surface area (Å²) in [7, 11) is 1.54. The van der Waals surface area contributed by atoms with Gasteiger partial charge in [-0.05, 0) is 25.8 Å². The van der Waals surface area contributed by atoms with Crippen LogP contribution in [0, 0.1) is 11.8 Å². The largest absolute Gasteiger partial charge is 0.496 e. The molecule has 1 saturated carbocycles. The maximum atomic E-state index is 13.4. The quantitative estimate of drug-likeness (QED) is 0.770. The number of methoxy groups -OCH3 is 1. The molecule has 0 aromatic heterocycles. The van der Waals surface area contributed by atoms with Crippen molar-refractivity contribution in [2.45, 2.75) is 56.7 Å². The highest BCUT2D eigenvalue weighted by Gasteiger charge is 2.67. The molecule has 2 heterocycles. The average molecular weight is 386 g/mol. The highest BCUT2D eigenvalue weighted by molar-refractivity contribution is 6.09. The highest BCUT2D eigenvalue weighted by Crippen LogP contribution is 2.51. The van der Waals surface area contributed by atoms with Crippen molar-refractivity contribution in [2.24, 2.45) is 11.8 Å². The molecular formula is C21H26N2O5. The Labute approximate surface area is 164 Å². The summed E-state index contributed by atoms with van der Waals surface area (Å²) in [5.41, 5.74) is -0.802. The number of benzene rings is 1. The zero-order chi connectivity index (χ0) is 20.1. The summed E-state index contributed by atoms with van der Waals surface area (Å²) in [6.45, 7) is 1.51. The monoisotopic (exact) mass is 386 g/mol. The van der Waals surface area contributed by atoms with Crippen molar-refractivity contribution < 1.29 is 24.2 Å². The second kappa shape index (κ2) is 6.88. The van der Waals surface area contributed by atoms with Gasteiger partial charge in [-0.25, -0.2) is 0 Å². The number of nitrogens with one attached hydrogen (secondary N) is 1. The number of carbonyl (C=O) groups is 3. The molecule has 2 saturated heterocycles. The molecule has 4 unspecified atom stereocenters. The Morgan fingerprint density at radius 3 is 2.50 bits per heavy atom. The van der Waals surface area contributed by atoms with Crippen LogP contribution in [0.3, 0.4) is 0 Å². The Morgan fingerprint density at radius 1 is 1.18 bits per heavy atom. The van der Waals surface area contributed by atoms with Crippen molar-refractivity contribution in [3.63, 3.8) is 0 Å². The van der Waals surface area contributed by atoms with Gasteiger partial charge in [-0.1, -0.05) is 37.5 Å². The number of likely N-dealkylation sites (tertiary alicyclic amines) is 1. The SMILES string of the molecule is COc1ccccc1C1NC(C)(C(=O)O)C2C(=O)N(C3CCCCC3)C(=O)C12. The number of hydrogen-bond acceptors (Lipinski definition) is 5. The first-order valence-electron chi connectivity index (χ1n) is 9.91. The van der Waals surface area contributed by atoms with Gasteiger partial charge >= 0.3 is 5.97 Å². The third-order valence-corrected chi connectivity index (χ3v) is 6.68. The molecule has 2 N–H and O–H groups in total. The van der Waals surface area contributed by atoms with Crippen LogP contribution in [0.25, 0.3) is 0 Å². The van der Waals surface area contributed by atoms with Crippen LogP contribution in [-0.4, -0.2) is 46.5 Å². The second-order valence-corrected chi connectivity index (χ2v) is 8.21. The molecule has 3 aliphatic rings. The van der Waals surface area contributed by atoms with Gasteiger partial charge in [0.2, 0.25) is 11.8 Å². The van der Waals surface area contributed by atoms with E-state index in [0.717, 1.165) is 32.1 Å². The minimum Gasteiger partial charge on any atom is -0.496 e. The number of para-hydroxylation sites is 1. The summed E-state index contributed by atoms with van der Waals surface area (Å²) in [5, 5.41) is 13.0. The van der Waals surface area contributed by atoms with Gasteiger partial charge in [-0.2, -0.15) is 0 Å². The van der Waals surface area contributed by atoms with E-state index < -0.39 is 29.4 Å². The Bertz CT molecular complexity index is 819. The van der Waals surface area contributed by atoms with Crippen LogP contribution in [0.1, 0.15) is 50.6 Å². The minimum atomic E-state index is -1.51. The van der Waals surface area contributed by atoms with E-state index in [4.69, 9.17) is 4.74 Å². The molecule has 7 nitrogen and oxygen atoms in total. The standard InChI is InChI=1S/C21H26N2O5/c1-21(20(26)27)16-15(17(22-21)13-10-6-7-11-14(13)28-2)18(24)23(19(16)25)12-8-4-3-5-9-12/h6-7,10-12,15-17,22H,3-5,8-9H2,1-2H3,(H,26,27). The smallest absolute Gasteiger partial charge is 0.324 e. The van der Waals surface area contributed by atoms with E-state index in [1.54, 1.807) is 6.07 Å². The van der Waals surface area contributed by atoms with Crippen molar-refractivity contribution in [3.05, 3.63) is 29.8 Å². The summed E-state index contributed by atoms with van der Waals surface area (Å²) < 4.78 is 5.44. The number of carbonyl (C=O) groups excluding carboxylic acids is 2. The van der Waals surface area contributed by atoms with Crippen molar-refractivity contribution in [1.29, 1.82) is 0 Å². The molecule has 4 atom stereocenters. The lowest BCUT2D eigenvalue weighted by Gasteiger charge is -2.33. The average Bonchev–Trinajstić information content (AvgIpc) is 3.16. The lowest BCUT2D eigenvalue weighted by Crippen LogP contribution is -2.54. The maximum absolute atomic E-state index is 13.4. The van der Waals surface area contributed by atoms with E-state index >= 15 is 0 Å². The molecule has 28 heavy (non-hydrogen) atoms. The fourth-order valence-electron chi connectivity index (χ4n) is 5.25. The minimum absolute atomic E-state index is 0.115. The summed E-state index contributed by atoms with van der Waals surface area (Å²) >= 11 is 0. The number of rotatable bonds is 4. The first-order chi connectivity index (χ1) is 13.4. The van der Waals surface area contributed by atoms with Crippen LogP contribution in [0.4, 0.5) is 0 Å². The Kier molecular flexibility index (Phi) is 4.65. The van der Waals surface area contributed by atoms with E-state index in [1.807, 2.05) is 18.2 Å². The fraction of sp³-hybridized carbons (Fsp3) is 0.571. The highest BCUT2D eigenvalue weighted by atomic mass is 16.5. The number of aliphatic carboxylic acids is 1. The Hall–Kier alpha value is -2.41. The molecule has 150 valence electrons. The topological polar surface area (TPSA) is 95.9 Å². The summed E-state index contributed by atoms with van der Waals surface area (Å²) in [6, 6.07) is 6.54. The van der Waals surface area contributed by atoms with Crippen LogP contribution >= 0.6 is 0 Å². The van der Waals surface area contributed by atoms with Crippen LogP contribution in [0.2, 0.25) is 0 Å². The van der Waals surface area contributed by atoms with E-state index in [-0.39, 0.29) is 17.9 Å². The van der Waals surface area contributed by atoms with Crippen LogP contribution < -0.4 is 10.1 Å². The molecule has 1 aromatic carbocycles. The summed E-state index contributed by atoms with van der Waals surface area (Å²) in [5.74, 6) is -2.82. The maximum Gasteiger partial charge on any atom is 0.324 e. The predicted molar refractivity (Wildman–Crippen MR) is 101 cm³/mol. The van der Waals surface area contributed by atoms with Crippen LogP contribution in [0.5, 0.6) is 5.75 Å². The van der Waals surface area contributed by atoms with Crippen molar-refractivity contribution >= 4 is 17.8 Å². The third kappa shape index (κ3) is 2.64. The van der Waals surface area contributed by atoms with Gasteiger partial charge in [0, 0.05) is 17.6 Å². The number of imide groups is 1. The van der Waals surface area contributed by atoms with Gasteiger partial charge in [0.25, 0.3) is 0 Å². The molecule has 4 rings (SSSR count). The number of hydrogen-bond donors (Lipinski definition) is 2. The lowest BCUT2D eigenvalue weighted by atomic mass is 9.80. The molecule has 1 aromatic rings. The van der Waals surface area contributed by atoms with E-state index in [1.165, 1.54) is 18.9 Å². The van der Waals surface area contributed by atoms with Crippen molar-refractivity contribution in [2.75, 3.05) is 7.11 Å². The van der Waals surface area contributed by atoms with Gasteiger partial charge < -0.3 is 9.84 Å². The lowest BCUT2D eigenvalue weighted by molar-refractivity contribution is -0.151. The first kappa shape index (κ1) is 18.9. The molecular weight excluding hydrogens is 360 g/mol. The van der Waals surface area contributed by atoms with Crippen LogP contribution in [0.15, 0.2) is 24.3 Å². The van der Waals surface area contributed by atoms with Gasteiger partial charge in [-0.15, -0.1) is 0 Å². The number of carboxylic acids is 1. The Morgan fingerprint density at radius 2 is 1.86 bits per heavy atom. The van der Waals surface area contributed by atoms with Crippen LogP contribution in [-0.2, 0) is 14.4 Å². The number of carboxylic acid groups (broad SMARTS) is 1. The molecule has 3 fully saturated rings. The van der Waals surface area contributed by atoms with E-state index in [0.29, 0.717) is 11.3 Å². The van der Waals surface area contributed by atoms with E-state index in [9.17, 15) is 19.5 Å². The van der Waals surface area contributed by atoms with Gasteiger partial charge in [0.15, 0.2) is 0 Å². The van der Waals surface area contributed by atoms with Crippen molar-refractivity contribution in [1.82, 2.24) is 10.2 Å². The number of fused-ring (bicyclic) bond motifs is 1. The van der Waals surface area contributed by atoms with Crippen molar-refractivity contribution in [3.8, 4) is 5.75 Å². The molecule has 0 radical (unpaired) electrons. The van der Waals surface area contributed by atoms with E-state index in [2.05, 4.69) is 5.32 Å². The molecule has 2 aliphatic heterocycles. The molecule has 1 aliphatic carbocycles. The van der Waals surface area contributed by atoms with Gasteiger partial charge in [0.05, 0.1) is 18.9 Å². The second-order valence-electron chi connectivity index (χ2n) is 8.21. The normalized spacial score (nSPS) is 33.2. The molecule has 0 spiro atoms. The third-order valence-electron chi connectivity index (χ3n) is 6.68. The molecule has 7 heteroatoms. The first-order valence-corrected chi connectivity index (χ1v) is 9.91. The number of amides is 2. The molecule has 2 amide bonds. The zero-order valence-electron chi connectivity index (χ0n) is 16.2. The number of ether oxygens (including phenoxy) is 1. The van der Waals surface area contributed by atoms with Gasteiger partial charge in [-0.3, -0.25) is 24.6 Å². The van der Waals surface area contributed by atoms with Gasteiger partial charge in [0.1, 0.15) is 11.3 Å². The Balaban J connectivity index is 1.78. The number of nitrogens with zero attached hydrogens (tertiary/aromatic N) is 1.